The number of nitrogens with zero attached hydrogens (tertiary/aromatic N) is 1. The standard InChI is InChI=1S/C12H13NO4/c1-2-10(14)12(8-13,11(15)16)17-9-6-4-3-5-7-9/h3-7,10,14H,2H2,1H3,(H,15,16)/t10?,12-/m1/s1. The van der Waals surface area contributed by atoms with Crippen molar-refractivity contribution in [1.82, 2.24) is 0 Å². The predicted molar refractivity (Wildman–Crippen MR) is 59.3 cm³/mol. The van der Waals surface area contributed by atoms with Gasteiger partial charge in [-0.05, 0) is 18.6 Å². The highest BCUT2D eigenvalue weighted by Crippen LogP contribution is 2.23. The quantitative estimate of drug-likeness (QED) is 0.799. The molecular formula is C12H13NO4. The predicted octanol–water partition coefficient (Wildman–Crippen LogP) is 1.18. The van der Waals surface area contributed by atoms with Gasteiger partial charge < -0.3 is 14.9 Å². The number of carbonyl (C=O) groups is 1. The van der Waals surface area contributed by atoms with Crippen LogP contribution in [0.5, 0.6) is 5.75 Å². The van der Waals surface area contributed by atoms with Gasteiger partial charge in [-0.15, -0.1) is 0 Å². The summed E-state index contributed by atoms with van der Waals surface area (Å²) in [6.45, 7) is 1.58. The highest BCUT2D eigenvalue weighted by atomic mass is 16.5. The van der Waals surface area contributed by atoms with Crippen molar-refractivity contribution < 1.29 is 19.7 Å². The Kier molecular flexibility index (Phi) is 4.07. The van der Waals surface area contributed by atoms with Crippen LogP contribution in [0.2, 0.25) is 0 Å². The summed E-state index contributed by atoms with van der Waals surface area (Å²) >= 11 is 0. The Balaban J connectivity index is 3.08. The summed E-state index contributed by atoms with van der Waals surface area (Å²) in [6.07, 6.45) is -1.29. The monoisotopic (exact) mass is 235 g/mol. The van der Waals surface area contributed by atoms with Gasteiger partial charge in [0, 0.05) is 0 Å². The van der Waals surface area contributed by atoms with Gasteiger partial charge in [-0.3, -0.25) is 0 Å². The lowest BCUT2D eigenvalue weighted by atomic mass is 9.96. The second-order valence-electron chi connectivity index (χ2n) is 3.49. The van der Waals surface area contributed by atoms with Gasteiger partial charge in [-0.2, -0.15) is 5.26 Å². The number of hydrogen-bond donors (Lipinski definition) is 2. The number of ether oxygens (including phenoxy) is 1. The smallest absolute Gasteiger partial charge is 0.366 e. The zero-order chi connectivity index (χ0) is 12.9. The first-order valence-electron chi connectivity index (χ1n) is 5.13. The first-order valence-corrected chi connectivity index (χ1v) is 5.13. The van der Waals surface area contributed by atoms with Gasteiger partial charge in [0.25, 0.3) is 0 Å². The maximum absolute atomic E-state index is 11.1. The number of para-hydroxylation sites is 1. The van der Waals surface area contributed by atoms with E-state index in [-0.39, 0.29) is 12.2 Å². The fraction of sp³-hybridized carbons (Fsp3) is 0.333. The molecule has 2 N–H and O–H groups in total. The first-order chi connectivity index (χ1) is 8.06. The fourth-order valence-corrected chi connectivity index (χ4v) is 1.36. The van der Waals surface area contributed by atoms with Crippen LogP contribution in [0.1, 0.15) is 13.3 Å². The van der Waals surface area contributed by atoms with Crippen LogP contribution in [0.15, 0.2) is 30.3 Å². The number of aliphatic hydroxyl groups excluding tert-OH is 1. The van der Waals surface area contributed by atoms with Gasteiger partial charge in [0.2, 0.25) is 0 Å². The highest BCUT2D eigenvalue weighted by molar-refractivity contribution is 5.82. The van der Waals surface area contributed by atoms with Crippen LogP contribution >= 0.6 is 0 Å². The molecule has 0 aromatic heterocycles. The highest BCUT2D eigenvalue weighted by Gasteiger charge is 2.48. The minimum absolute atomic E-state index is 0.104. The molecule has 0 fully saturated rings. The molecule has 5 nitrogen and oxygen atoms in total. The second-order valence-corrected chi connectivity index (χ2v) is 3.49. The molecule has 0 aliphatic rings. The van der Waals surface area contributed by atoms with E-state index in [2.05, 4.69) is 0 Å². The van der Waals surface area contributed by atoms with E-state index in [1.807, 2.05) is 0 Å². The molecule has 17 heavy (non-hydrogen) atoms. The molecule has 1 rings (SSSR count). The molecular weight excluding hydrogens is 222 g/mol. The number of carboxylic acids is 1. The zero-order valence-corrected chi connectivity index (χ0v) is 9.33. The molecule has 1 aromatic rings. The lowest BCUT2D eigenvalue weighted by molar-refractivity contribution is -0.158. The minimum Gasteiger partial charge on any atom is -0.477 e. The molecule has 1 unspecified atom stereocenters. The van der Waals surface area contributed by atoms with Crippen LogP contribution in [0.4, 0.5) is 0 Å². The lowest BCUT2D eigenvalue weighted by Gasteiger charge is -2.27. The summed E-state index contributed by atoms with van der Waals surface area (Å²) in [4.78, 5) is 11.1. The Morgan fingerprint density at radius 2 is 2.12 bits per heavy atom. The number of carboxylic acid groups (broad SMARTS) is 1. The Morgan fingerprint density at radius 1 is 1.53 bits per heavy atom. The minimum atomic E-state index is -2.27. The van der Waals surface area contributed by atoms with Crippen LogP contribution < -0.4 is 4.74 Å². The van der Waals surface area contributed by atoms with Crippen molar-refractivity contribution in [3.8, 4) is 11.8 Å². The van der Waals surface area contributed by atoms with Gasteiger partial charge >= 0.3 is 11.6 Å². The van der Waals surface area contributed by atoms with E-state index in [1.165, 1.54) is 12.1 Å². The van der Waals surface area contributed by atoms with Crippen LogP contribution in [0.25, 0.3) is 0 Å². The summed E-state index contributed by atoms with van der Waals surface area (Å²) < 4.78 is 5.15. The van der Waals surface area contributed by atoms with E-state index < -0.39 is 17.7 Å². The van der Waals surface area contributed by atoms with Gasteiger partial charge in [-0.25, -0.2) is 4.79 Å². The molecule has 1 aromatic carbocycles. The van der Waals surface area contributed by atoms with Crippen molar-refractivity contribution in [1.29, 1.82) is 5.26 Å². The number of rotatable bonds is 5. The van der Waals surface area contributed by atoms with Crippen molar-refractivity contribution in [3.63, 3.8) is 0 Å². The van der Waals surface area contributed by atoms with Crippen molar-refractivity contribution in [2.75, 3.05) is 0 Å². The first kappa shape index (κ1) is 13.0. The molecule has 0 bridgehead atoms. The maximum atomic E-state index is 11.1. The van der Waals surface area contributed by atoms with E-state index in [9.17, 15) is 9.90 Å². The van der Waals surface area contributed by atoms with Crippen LogP contribution in [-0.4, -0.2) is 27.9 Å². The summed E-state index contributed by atoms with van der Waals surface area (Å²) in [5.41, 5.74) is -2.27. The van der Waals surface area contributed by atoms with Crippen molar-refractivity contribution in [2.24, 2.45) is 0 Å². The van der Waals surface area contributed by atoms with E-state index in [1.54, 1.807) is 31.2 Å². The Labute approximate surface area is 98.9 Å². The zero-order valence-electron chi connectivity index (χ0n) is 9.33. The van der Waals surface area contributed by atoms with Crippen LogP contribution in [-0.2, 0) is 4.79 Å². The Hall–Kier alpha value is -2.06. The molecule has 0 amide bonds. The average molecular weight is 235 g/mol. The lowest BCUT2D eigenvalue weighted by Crippen LogP contribution is -2.53. The summed E-state index contributed by atoms with van der Waals surface area (Å²) in [5.74, 6) is -1.28. The molecule has 0 aliphatic carbocycles. The second kappa shape index (κ2) is 5.32. The third-order valence-electron chi connectivity index (χ3n) is 2.36. The van der Waals surface area contributed by atoms with Gasteiger partial charge in [0.1, 0.15) is 17.9 Å². The molecule has 90 valence electrons. The Bertz CT molecular complexity index is 426. The Morgan fingerprint density at radius 3 is 2.53 bits per heavy atom. The van der Waals surface area contributed by atoms with E-state index >= 15 is 0 Å². The molecule has 0 aliphatic heterocycles. The molecule has 2 atom stereocenters. The van der Waals surface area contributed by atoms with Crippen molar-refractivity contribution in [2.45, 2.75) is 25.0 Å². The van der Waals surface area contributed by atoms with E-state index in [4.69, 9.17) is 15.1 Å². The number of nitriles is 1. The normalized spacial score (nSPS) is 15.4. The molecule has 0 saturated heterocycles. The van der Waals surface area contributed by atoms with Crippen molar-refractivity contribution >= 4 is 5.97 Å². The third-order valence-corrected chi connectivity index (χ3v) is 2.36. The van der Waals surface area contributed by atoms with Gasteiger partial charge in [0.05, 0.1) is 0 Å². The van der Waals surface area contributed by atoms with Crippen molar-refractivity contribution in [3.05, 3.63) is 30.3 Å². The van der Waals surface area contributed by atoms with E-state index in [0.29, 0.717) is 0 Å². The SMILES string of the molecule is CCC(O)[C@@](C#N)(Oc1ccccc1)C(=O)O. The average Bonchev–Trinajstić information content (AvgIpc) is 2.36. The van der Waals surface area contributed by atoms with Crippen LogP contribution in [0.3, 0.4) is 0 Å². The molecule has 0 saturated carbocycles. The summed E-state index contributed by atoms with van der Waals surface area (Å²) in [7, 11) is 0. The van der Waals surface area contributed by atoms with Gasteiger partial charge in [-0.1, -0.05) is 25.1 Å². The fourth-order valence-electron chi connectivity index (χ4n) is 1.36. The number of benzene rings is 1. The number of hydrogen-bond acceptors (Lipinski definition) is 4. The molecule has 0 spiro atoms. The maximum Gasteiger partial charge on any atom is 0.366 e. The molecule has 0 heterocycles. The largest absolute Gasteiger partial charge is 0.477 e. The number of aliphatic carboxylic acids is 1. The van der Waals surface area contributed by atoms with Crippen LogP contribution in [0, 0.1) is 11.3 Å². The molecule has 0 radical (unpaired) electrons. The topological polar surface area (TPSA) is 90.5 Å². The summed E-state index contributed by atoms with van der Waals surface area (Å²) in [5, 5.41) is 27.7. The number of aliphatic hydroxyl groups is 1. The molecule has 5 heteroatoms. The summed E-state index contributed by atoms with van der Waals surface area (Å²) in [6, 6.07) is 9.63. The van der Waals surface area contributed by atoms with Gasteiger partial charge in [0.15, 0.2) is 0 Å². The third kappa shape index (κ3) is 2.55. The van der Waals surface area contributed by atoms with E-state index in [0.717, 1.165) is 0 Å².